The molecule has 0 spiro atoms. The van der Waals surface area contributed by atoms with E-state index in [9.17, 15) is 9.59 Å². The van der Waals surface area contributed by atoms with Gasteiger partial charge in [0, 0.05) is 25.3 Å². The minimum Gasteiger partial charge on any atom is -0.378 e. The van der Waals surface area contributed by atoms with Gasteiger partial charge < -0.3 is 15.5 Å². The number of hydrogen-bond donors (Lipinski definition) is 3. The van der Waals surface area contributed by atoms with E-state index in [4.69, 9.17) is 0 Å². The fourth-order valence-electron chi connectivity index (χ4n) is 3.38. The molecule has 0 radical (unpaired) electrons. The Morgan fingerprint density at radius 3 is 2.34 bits per heavy atom. The highest BCUT2D eigenvalue weighted by Crippen LogP contribution is 2.31. The van der Waals surface area contributed by atoms with E-state index < -0.39 is 5.54 Å². The van der Waals surface area contributed by atoms with E-state index in [1.54, 1.807) is 18.2 Å². The molecule has 2 heterocycles. The smallest absolute Gasteiger partial charge is 0.262 e. The third-order valence-corrected chi connectivity index (χ3v) is 6.40. The van der Waals surface area contributed by atoms with E-state index in [1.807, 2.05) is 75.3 Å². The van der Waals surface area contributed by atoms with Crippen LogP contribution in [0.25, 0.3) is 10.2 Å². The van der Waals surface area contributed by atoms with Gasteiger partial charge in [0.25, 0.3) is 11.8 Å². The Kier molecular flexibility index (Phi) is 5.71. The minimum absolute atomic E-state index is 0.176. The summed E-state index contributed by atoms with van der Waals surface area (Å²) >= 11 is 1.29. The van der Waals surface area contributed by atoms with Crippen molar-refractivity contribution in [3.63, 3.8) is 0 Å². The lowest BCUT2D eigenvalue weighted by Gasteiger charge is -2.26. The summed E-state index contributed by atoms with van der Waals surface area (Å²) < 4.78 is 0.728. The second-order valence-corrected chi connectivity index (χ2v) is 9.32. The predicted molar refractivity (Wildman–Crippen MR) is 130 cm³/mol. The Balaban J connectivity index is 1.51. The summed E-state index contributed by atoms with van der Waals surface area (Å²) in [6, 6.07) is 18.9. The molecule has 4 aromatic rings. The van der Waals surface area contributed by atoms with Gasteiger partial charge in [-0.3, -0.25) is 14.7 Å². The summed E-state index contributed by atoms with van der Waals surface area (Å²) in [5.41, 5.74) is 2.74. The summed E-state index contributed by atoms with van der Waals surface area (Å²) in [5, 5.41) is 13.0. The van der Waals surface area contributed by atoms with Crippen molar-refractivity contribution in [2.75, 3.05) is 24.3 Å². The molecule has 0 fully saturated rings. The second-order valence-electron chi connectivity index (χ2n) is 8.27. The van der Waals surface area contributed by atoms with Crippen molar-refractivity contribution in [1.29, 1.82) is 0 Å². The number of nitrogens with one attached hydrogen (secondary N) is 3. The Bertz CT molecular complexity index is 1260. The van der Waals surface area contributed by atoms with Gasteiger partial charge in [-0.2, -0.15) is 5.10 Å². The number of benzene rings is 2. The zero-order valence-corrected chi connectivity index (χ0v) is 19.2. The highest BCUT2D eigenvalue weighted by molar-refractivity contribution is 7.21. The maximum Gasteiger partial charge on any atom is 0.262 e. The number of aromatic nitrogens is 2. The predicted octanol–water partition coefficient (Wildman–Crippen LogP) is 4.61. The third kappa shape index (κ3) is 4.36. The van der Waals surface area contributed by atoms with Gasteiger partial charge in [0.05, 0.1) is 20.6 Å². The summed E-state index contributed by atoms with van der Waals surface area (Å²) in [7, 11) is 3.89. The lowest BCUT2D eigenvalue weighted by molar-refractivity contribution is 0.0915. The average Bonchev–Trinajstić information content (AvgIpc) is 3.36. The molecule has 2 amide bonds. The van der Waals surface area contributed by atoms with Crippen LogP contribution in [0.3, 0.4) is 0 Å². The maximum atomic E-state index is 12.9. The third-order valence-electron chi connectivity index (χ3n) is 5.26. The quantitative estimate of drug-likeness (QED) is 0.403. The van der Waals surface area contributed by atoms with Crippen LogP contribution in [0.15, 0.2) is 60.7 Å². The van der Waals surface area contributed by atoms with Crippen LogP contribution in [0, 0.1) is 0 Å². The van der Waals surface area contributed by atoms with Crippen molar-refractivity contribution in [3.05, 3.63) is 76.7 Å². The Morgan fingerprint density at radius 2 is 1.69 bits per heavy atom. The Morgan fingerprint density at radius 1 is 1.00 bits per heavy atom. The lowest BCUT2D eigenvalue weighted by Crippen LogP contribution is -2.40. The lowest BCUT2D eigenvalue weighted by atomic mass is 9.94. The van der Waals surface area contributed by atoms with Gasteiger partial charge in [-0.1, -0.05) is 30.3 Å². The molecule has 0 unspecified atom stereocenters. The number of rotatable bonds is 6. The molecule has 0 saturated carbocycles. The van der Waals surface area contributed by atoms with Crippen molar-refractivity contribution in [2.24, 2.45) is 0 Å². The number of aromatic amines is 1. The molecular weight excluding hydrogens is 422 g/mol. The molecule has 0 saturated heterocycles. The molecule has 0 atom stereocenters. The van der Waals surface area contributed by atoms with Crippen LogP contribution in [0.4, 0.5) is 11.5 Å². The van der Waals surface area contributed by atoms with Crippen LogP contribution in [-0.2, 0) is 5.54 Å². The number of H-pyrrole nitrogens is 1. The summed E-state index contributed by atoms with van der Waals surface area (Å²) in [4.78, 5) is 28.1. The van der Waals surface area contributed by atoms with Gasteiger partial charge in [0.2, 0.25) is 0 Å². The Hall–Kier alpha value is -3.65. The molecule has 32 heavy (non-hydrogen) atoms. The average molecular weight is 448 g/mol. The largest absolute Gasteiger partial charge is 0.378 e. The van der Waals surface area contributed by atoms with E-state index in [0.717, 1.165) is 16.0 Å². The molecule has 2 aromatic carbocycles. The van der Waals surface area contributed by atoms with Crippen LogP contribution in [-0.4, -0.2) is 36.1 Å². The number of thiophene rings is 1. The summed E-state index contributed by atoms with van der Waals surface area (Å²) in [5.74, 6) is -0.0219. The highest BCUT2D eigenvalue weighted by Gasteiger charge is 2.25. The maximum absolute atomic E-state index is 12.9. The fourth-order valence-corrected chi connectivity index (χ4v) is 4.32. The number of amides is 2. The SMILES string of the molecule is CN(C)c1ccc(C(=O)Nc2n[nH]c3cc(C(=O)NC(C)(C)c4ccccc4)sc23)cc1. The molecule has 3 N–H and O–H groups in total. The Labute approximate surface area is 190 Å². The van der Waals surface area contributed by atoms with E-state index in [-0.39, 0.29) is 11.8 Å². The number of nitrogens with zero attached hydrogens (tertiary/aromatic N) is 2. The highest BCUT2D eigenvalue weighted by atomic mass is 32.1. The van der Waals surface area contributed by atoms with Gasteiger partial charge in [0.1, 0.15) is 0 Å². The number of carbonyl (C=O) groups excluding carboxylic acids is 2. The first-order valence-corrected chi connectivity index (χ1v) is 11.0. The molecular formula is C24H25N5O2S. The van der Waals surface area contributed by atoms with Gasteiger partial charge in [-0.25, -0.2) is 0 Å². The van der Waals surface area contributed by atoms with Crippen LogP contribution in [0.5, 0.6) is 0 Å². The molecule has 0 aliphatic heterocycles. The van der Waals surface area contributed by atoms with Gasteiger partial charge >= 0.3 is 0 Å². The monoisotopic (exact) mass is 447 g/mol. The number of anilines is 2. The van der Waals surface area contributed by atoms with E-state index in [2.05, 4.69) is 20.8 Å². The standard InChI is InChI=1S/C24H25N5O2S/c1-24(2,16-8-6-5-7-9-16)26-23(31)19-14-18-20(32-19)21(28-27-18)25-22(30)15-10-12-17(13-11-15)29(3)4/h5-14H,1-4H3,(H,26,31)(H2,25,27,28,30). The van der Waals surface area contributed by atoms with Crippen molar-refractivity contribution < 1.29 is 9.59 Å². The minimum atomic E-state index is -0.524. The molecule has 2 aromatic heterocycles. The molecule has 164 valence electrons. The molecule has 4 rings (SSSR count). The van der Waals surface area contributed by atoms with Crippen LogP contribution in [0.1, 0.15) is 39.4 Å². The normalized spacial score (nSPS) is 11.4. The fraction of sp³-hybridized carbons (Fsp3) is 0.208. The van der Waals surface area contributed by atoms with E-state index >= 15 is 0 Å². The number of fused-ring (bicyclic) bond motifs is 1. The zero-order valence-electron chi connectivity index (χ0n) is 18.4. The zero-order chi connectivity index (χ0) is 22.9. The van der Waals surface area contributed by atoms with Crippen molar-refractivity contribution in [3.8, 4) is 0 Å². The molecule has 7 nitrogen and oxygen atoms in total. The summed E-state index contributed by atoms with van der Waals surface area (Å²) in [6.07, 6.45) is 0. The molecule has 0 aliphatic carbocycles. The number of hydrogen-bond acceptors (Lipinski definition) is 5. The molecule has 8 heteroatoms. The molecule has 0 aliphatic rings. The number of carbonyl (C=O) groups is 2. The molecule has 0 bridgehead atoms. The van der Waals surface area contributed by atoms with Gasteiger partial charge in [0.15, 0.2) is 5.82 Å². The van der Waals surface area contributed by atoms with E-state index in [1.165, 1.54) is 11.3 Å². The topological polar surface area (TPSA) is 90.1 Å². The van der Waals surface area contributed by atoms with Crippen LogP contribution >= 0.6 is 11.3 Å². The van der Waals surface area contributed by atoms with Crippen LogP contribution in [0.2, 0.25) is 0 Å². The van der Waals surface area contributed by atoms with Crippen molar-refractivity contribution in [1.82, 2.24) is 15.5 Å². The van der Waals surface area contributed by atoms with Crippen LogP contribution < -0.4 is 15.5 Å². The first-order chi connectivity index (χ1) is 15.2. The van der Waals surface area contributed by atoms with Crippen molar-refractivity contribution in [2.45, 2.75) is 19.4 Å². The van der Waals surface area contributed by atoms with Crippen molar-refractivity contribution >= 4 is 44.9 Å². The van der Waals surface area contributed by atoms with E-state index in [0.29, 0.717) is 21.8 Å². The second kappa shape index (κ2) is 8.47. The first-order valence-electron chi connectivity index (χ1n) is 10.2. The van der Waals surface area contributed by atoms with Gasteiger partial charge in [-0.05, 0) is 49.7 Å². The first kappa shape index (κ1) is 21.6. The summed E-state index contributed by atoms with van der Waals surface area (Å²) in [6.45, 7) is 3.93. The van der Waals surface area contributed by atoms with Gasteiger partial charge in [-0.15, -0.1) is 11.3 Å².